The van der Waals surface area contributed by atoms with Gasteiger partial charge >= 0.3 is 18.0 Å². The first-order chi connectivity index (χ1) is 30.8. The molecule has 2 aromatic carbocycles. The fourth-order valence-corrected chi connectivity index (χ4v) is 9.74. The Balaban J connectivity index is 1.32. The molecule has 13 atom stereocenters. The Kier molecular flexibility index (Phi) is 15.8. The molecule has 0 spiro atoms. The number of fused-ring (bicyclic) bond motifs is 2. The van der Waals surface area contributed by atoms with Crippen LogP contribution in [0.15, 0.2) is 66.9 Å². The first kappa shape index (κ1) is 49.6. The number of hydrazine groups is 1. The van der Waals surface area contributed by atoms with Gasteiger partial charge in [-0.3, -0.25) is 14.6 Å². The van der Waals surface area contributed by atoms with Crippen LogP contribution < -0.4 is 5.43 Å². The summed E-state index contributed by atoms with van der Waals surface area (Å²) in [6.45, 7) is 11.1. The van der Waals surface area contributed by atoms with Gasteiger partial charge in [-0.15, -0.1) is 0 Å². The number of para-hydroxylation sites is 1. The third-order valence-corrected chi connectivity index (χ3v) is 13.5. The van der Waals surface area contributed by atoms with Gasteiger partial charge in [0.05, 0.1) is 34.9 Å². The number of benzene rings is 2. The van der Waals surface area contributed by atoms with Crippen LogP contribution in [0.2, 0.25) is 0 Å². The van der Waals surface area contributed by atoms with Crippen LogP contribution in [0.25, 0.3) is 10.9 Å². The number of nitrogens with one attached hydrogen (secondary N) is 1. The zero-order chi connectivity index (χ0) is 47.4. The number of aromatic nitrogens is 1. The number of esters is 2. The summed E-state index contributed by atoms with van der Waals surface area (Å²) in [5, 5.41) is 2.30. The molecule has 3 aromatic rings. The average Bonchev–Trinajstić information content (AvgIpc) is 3.62. The predicted molar refractivity (Wildman–Crippen MR) is 238 cm³/mol. The van der Waals surface area contributed by atoms with Crippen LogP contribution in [-0.4, -0.2) is 132 Å². The van der Waals surface area contributed by atoms with E-state index in [1.54, 1.807) is 64.2 Å². The second-order valence-corrected chi connectivity index (χ2v) is 18.4. The lowest BCUT2D eigenvalue weighted by atomic mass is 9.75. The van der Waals surface area contributed by atoms with Gasteiger partial charge in [0.2, 0.25) is 0 Å². The molecule has 1 amide bonds. The quantitative estimate of drug-likeness (QED) is 0.0911. The topological polar surface area (TPSA) is 172 Å². The number of likely N-dealkylation sites (N-methyl/N-ethyl adjacent to an activating group) is 1. The Morgan fingerprint density at radius 2 is 1.66 bits per heavy atom. The van der Waals surface area contributed by atoms with Crippen molar-refractivity contribution in [1.82, 2.24) is 20.3 Å². The van der Waals surface area contributed by atoms with Gasteiger partial charge in [-0.05, 0) is 96.8 Å². The number of aryl methyl sites for hydroxylation is 1. The third-order valence-electron chi connectivity index (χ3n) is 13.5. The summed E-state index contributed by atoms with van der Waals surface area (Å²) in [6, 6.07) is 16.8. The maximum absolute atomic E-state index is 17.1. The summed E-state index contributed by atoms with van der Waals surface area (Å²) < 4.78 is 54.3. The Hall–Kier alpha value is -4.87. The van der Waals surface area contributed by atoms with E-state index in [0.29, 0.717) is 31.4 Å². The molecule has 354 valence electrons. The SMILES string of the molecule is CC[C@H]1OC(=O)[C@@](C)(F)C(=O)[C@H](C)[C@@H](O[C@@H]2O[C@H](C)C[C@H](N(C)C)[C@H]2OC(=O)c2ccccc2)[C@@](C)(OC)C[C@@H](C)C(=O)[C@H](C)[C@@H]2C1OC(=O)N2NCCCc1ccnc2ccccc12. The van der Waals surface area contributed by atoms with Crippen molar-refractivity contribution in [3.05, 3.63) is 78.0 Å². The van der Waals surface area contributed by atoms with Crippen LogP contribution in [0, 0.1) is 17.8 Å². The number of hydrogen-bond donors (Lipinski definition) is 1. The Labute approximate surface area is 380 Å². The summed E-state index contributed by atoms with van der Waals surface area (Å²) >= 11 is 0. The van der Waals surface area contributed by atoms with E-state index in [9.17, 15) is 24.0 Å². The van der Waals surface area contributed by atoms with Gasteiger partial charge in [0.1, 0.15) is 17.9 Å². The minimum Gasteiger partial charge on any atom is -0.456 e. The second-order valence-electron chi connectivity index (χ2n) is 18.4. The summed E-state index contributed by atoms with van der Waals surface area (Å²) in [4.78, 5) is 76.9. The van der Waals surface area contributed by atoms with Crippen molar-refractivity contribution in [2.45, 2.75) is 141 Å². The highest BCUT2D eigenvalue weighted by Gasteiger charge is 2.57. The number of rotatable bonds is 12. The predicted octanol–water partition coefficient (Wildman–Crippen LogP) is 6.44. The van der Waals surface area contributed by atoms with Crippen LogP contribution in [0.4, 0.5) is 9.18 Å². The van der Waals surface area contributed by atoms with Crippen LogP contribution in [0.1, 0.15) is 90.1 Å². The van der Waals surface area contributed by atoms with E-state index in [1.807, 2.05) is 56.3 Å². The van der Waals surface area contributed by atoms with Crippen molar-refractivity contribution in [2.24, 2.45) is 17.8 Å². The average molecular weight is 905 g/mol. The lowest BCUT2D eigenvalue weighted by Crippen LogP contribution is -2.61. The van der Waals surface area contributed by atoms with Crippen LogP contribution >= 0.6 is 0 Å². The number of halogens is 1. The molecular formula is C49H65FN4O11. The van der Waals surface area contributed by atoms with Gasteiger partial charge in [0.25, 0.3) is 5.67 Å². The highest BCUT2D eigenvalue weighted by Crippen LogP contribution is 2.40. The molecule has 3 aliphatic rings. The van der Waals surface area contributed by atoms with E-state index in [2.05, 4.69) is 10.4 Å². The summed E-state index contributed by atoms with van der Waals surface area (Å²) in [7, 11) is 5.07. The fraction of sp³-hybridized carbons (Fsp3) is 0.592. The summed E-state index contributed by atoms with van der Waals surface area (Å²) in [5.41, 5.74) is 0.688. The van der Waals surface area contributed by atoms with Crippen molar-refractivity contribution >= 4 is 40.5 Å². The minimum atomic E-state index is -3.22. The molecule has 0 saturated carbocycles. The fourth-order valence-electron chi connectivity index (χ4n) is 9.74. The van der Waals surface area contributed by atoms with E-state index >= 15 is 4.39 Å². The lowest BCUT2D eigenvalue weighted by Gasteiger charge is -2.47. The zero-order valence-electron chi connectivity index (χ0n) is 39.2. The molecule has 0 radical (unpaired) electrons. The van der Waals surface area contributed by atoms with Gasteiger partial charge in [0, 0.05) is 43.0 Å². The first-order valence-corrected chi connectivity index (χ1v) is 22.6. The van der Waals surface area contributed by atoms with Crippen molar-refractivity contribution in [3.63, 3.8) is 0 Å². The molecule has 1 unspecified atom stereocenters. The number of carbonyl (C=O) groups excluding carboxylic acids is 5. The van der Waals surface area contributed by atoms with E-state index in [-0.39, 0.29) is 18.6 Å². The van der Waals surface area contributed by atoms with Gasteiger partial charge in [0.15, 0.2) is 24.3 Å². The zero-order valence-corrected chi connectivity index (χ0v) is 39.2. The van der Waals surface area contributed by atoms with Gasteiger partial charge < -0.3 is 33.3 Å². The van der Waals surface area contributed by atoms with E-state index < -0.39 is 102 Å². The van der Waals surface area contributed by atoms with Crippen molar-refractivity contribution < 1.29 is 56.8 Å². The first-order valence-electron chi connectivity index (χ1n) is 22.6. The monoisotopic (exact) mass is 904 g/mol. The molecule has 3 saturated heterocycles. The highest BCUT2D eigenvalue weighted by atomic mass is 19.1. The molecule has 0 aliphatic carbocycles. The number of methoxy groups -OCH3 is 1. The van der Waals surface area contributed by atoms with Gasteiger partial charge in [-0.1, -0.05) is 64.1 Å². The number of pyridine rings is 1. The normalized spacial score (nSPS) is 33.9. The lowest BCUT2D eigenvalue weighted by molar-refractivity contribution is -0.294. The van der Waals surface area contributed by atoms with Crippen LogP contribution in [0.5, 0.6) is 0 Å². The van der Waals surface area contributed by atoms with E-state index in [1.165, 1.54) is 19.0 Å². The maximum atomic E-state index is 17.1. The molecular weight excluding hydrogens is 840 g/mol. The number of nitrogens with zero attached hydrogens (tertiary/aromatic N) is 3. The third kappa shape index (κ3) is 10.6. The van der Waals surface area contributed by atoms with E-state index in [4.69, 9.17) is 28.4 Å². The summed E-state index contributed by atoms with van der Waals surface area (Å²) in [6.07, 6.45) is -3.87. The van der Waals surface area contributed by atoms with Gasteiger partial charge in [-0.25, -0.2) is 29.2 Å². The number of ketones is 2. The Morgan fingerprint density at radius 3 is 2.34 bits per heavy atom. The molecule has 15 nitrogen and oxygen atoms in total. The largest absolute Gasteiger partial charge is 0.456 e. The Morgan fingerprint density at radius 1 is 0.969 bits per heavy atom. The molecule has 1 N–H and O–H groups in total. The van der Waals surface area contributed by atoms with Crippen LogP contribution in [0.3, 0.4) is 0 Å². The number of amides is 1. The molecule has 16 heteroatoms. The molecule has 6 rings (SSSR count). The Bertz CT molecular complexity index is 2170. The van der Waals surface area contributed by atoms with Crippen molar-refractivity contribution in [3.8, 4) is 0 Å². The number of Topliss-reactive ketones (excluding diaryl/α,β-unsaturated/α-hetero) is 2. The molecule has 4 heterocycles. The smallest absolute Gasteiger partial charge is 0.425 e. The number of alkyl halides is 1. The molecule has 3 fully saturated rings. The highest BCUT2D eigenvalue weighted by molar-refractivity contribution is 6.08. The minimum absolute atomic E-state index is 0.0486. The van der Waals surface area contributed by atoms with Crippen molar-refractivity contribution in [1.29, 1.82) is 0 Å². The molecule has 1 aromatic heterocycles. The number of hydrogen-bond acceptors (Lipinski definition) is 14. The summed E-state index contributed by atoms with van der Waals surface area (Å²) in [5.74, 6) is -6.68. The number of carbonyl (C=O) groups is 5. The second kappa shape index (κ2) is 20.7. The molecule has 65 heavy (non-hydrogen) atoms. The standard InChI is InChI=1S/C49H65FN4O11/c1-11-37-41-38(54(47(59)64-41)52-24-17-20-32-23-25-51-35-22-16-15-21-34(32)35)30(4)39(55)28(2)27-48(6,60-10)43(31(5)42(56)49(7,50)46(58)62-37)65-45-40(36(53(8)9)26-29(3)61-45)63-44(57)33-18-13-12-14-19-33/h12-16,18-19,21-23,25,28-31,36-38,40-41,43,45,52H,11,17,20,24,26-27H2,1-10H3/t28-,29-,30-,31+,36+,37-,38-,40-,41?,43-,45+,48+,49+/m1/s1. The molecule has 0 bridgehead atoms. The maximum Gasteiger partial charge on any atom is 0.425 e. The number of ether oxygens (including phenoxy) is 6. The van der Waals surface area contributed by atoms with E-state index in [0.717, 1.165) is 23.4 Å². The van der Waals surface area contributed by atoms with Crippen LogP contribution in [-0.2, 0) is 49.2 Å². The number of cyclic esters (lactones) is 1. The molecule has 3 aliphatic heterocycles. The van der Waals surface area contributed by atoms with Crippen molar-refractivity contribution in [2.75, 3.05) is 27.7 Å². The van der Waals surface area contributed by atoms with Gasteiger partial charge in [-0.2, -0.15) is 0 Å².